The lowest BCUT2D eigenvalue weighted by Crippen LogP contribution is -1.99. The summed E-state index contributed by atoms with van der Waals surface area (Å²) in [5.41, 5.74) is 0.617. The van der Waals surface area contributed by atoms with E-state index < -0.39 is 10.1 Å². The molecule has 0 unspecified atom stereocenters. The minimum absolute atomic E-state index is 0. The van der Waals surface area contributed by atoms with Crippen LogP contribution in [0.2, 0.25) is 5.02 Å². The van der Waals surface area contributed by atoms with Crippen molar-refractivity contribution in [3.05, 3.63) is 28.8 Å². The molecule has 0 radical (unpaired) electrons. The van der Waals surface area contributed by atoms with Crippen molar-refractivity contribution in [1.29, 1.82) is 0 Å². The maximum atomic E-state index is 10.7. The molecule has 1 rings (SSSR count). The van der Waals surface area contributed by atoms with Crippen LogP contribution >= 0.6 is 24.0 Å². The van der Waals surface area contributed by atoms with Gasteiger partial charge in [-0.05, 0) is 18.6 Å². The van der Waals surface area contributed by atoms with Crippen molar-refractivity contribution in [2.24, 2.45) is 0 Å². The van der Waals surface area contributed by atoms with E-state index in [1.165, 1.54) is 12.1 Å². The van der Waals surface area contributed by atoms with Crippen LogP contribution in [-0.4, -0.2) is 13.0 Å². The van der Waals surface area contributed by atoms with Crippen LogP contribution in [-0.2, 0) is 10.1 Å². The van der Waals surface area contributed by atoms with Gasteiger partial charge in [-0.2, -0.15) is 8.42 Å². The SMILES string of the molecule is Cc1cccc(S(=O)(=O)O)c1Cl.Cl. The molecule has 0 amide bonds. The van der Waals surface area contributed by atoms with E-state index in [0.717, 1.165) is 0 Å². The van der Waals surface area contributed by atoms with Gasteiger partial charge < -0.3 is 0 Å². The summed E-state index contributed by atoms with van der Waals surface area (Å²) in [4.78, 5) is -0.246. The van der Waals surface area contributed by atoms with Crippen LogP contribution in [0.1, 0.15) is 5.56 Å². The molecule has 74 valence electrons. The maximum Gasteiger partial charge on any atom is 0.296 e. The molecule has 0 fully saturated rings. The number of hydrogen-bond acceptors (Lipinski definition) is 2. The van der Waals surface area contributed by atoms with Crippen LogP contribution in [0, 0.1) is 6.92 Å². The van der Waals surface area contributed by atoms with Gasteiger partial charge in [-0.1, -0.05) is 23.7 Å². The smallest absolute Gasteiger partial charge is 0.282 e. The number of halogens is 2. The van der Waals surface area contributed by atoms with E-state index in [-0.39, 0.29) is 22.3 Å². The molecule has 3 nitrogen and oxygen atoms in total. The standard InChI is InChI=1S/C7H7ClO3S.ClH/c1-5-3-2-4-6(7(5)8)12(9,10)11;/h2-4H,1H3,(H,9,10,11);1H. The van der Waals surface area contributed by atoms with Crippen molar-refractivity contribution >= 4 is 34.1 Å². The molecule has 0 saturated carbocycles. The van der Waals surface area contributed by atoms with E-state index >= 15 is 0 Å². The largest absolute Gasteiger partial charge is 0.296 e. The topological polar surface area (TPSA) is 54.4 Å². The highest BCUT2D eigenvalue weighted by Crippen LogP contribution is 2.23. The molecule has 0 spiro atoms. The minimum atomic E-state index is -4.19. The predicted molar refractivity (Wildman–Crippen MR) is 53.3 cm³/mol. The number of hydrogen-bond donors (Lipinski definition) is 1. The van der Waals surface area contributed by atoms with Crippen LogP contribution < -0.4 is 0 Å². The molecule has 1 aromatic carbocycles. The highest BCUT2D eigenvalue weighted by Gasteiger charge is 2.14. The van der Waals surface area contributed by atoms with Gasteiger partial charge in [0.2, 0.25) is 0 Å². The zero-order chi connectivity index (χ0) is 9.35. The fraction of sp³-hybridized carbons (Fsp3) is 0.143. The quantitative estimate of drug-likeness (QED) is 0.770. The summed E-state index contributed by atoms with van der Waals surface area (Å²) in [6.07, 6.45) is 0. The summed E-state index contributed by atoms with van der Waals surface area (Å²) in [5, 5.41) is 0.0694. The fourth-order valence-electron chi connectivity index (χ4n) is 0.820. The number of aryl methyl sites for hydroxylation is 1. The Morgan fingerprint density at radius 2 is 1.92 bits per heavy atom. The van der Waals surface area contributed by atoms with Crippen LogP contribution in [0.5, 0.6) is 0 Å². The monoisotopic (exact) mass is 242 g/mol. The second kappa shape index (κ2) is 4.28. The Hall–Kier alpha value is -0.290. The predicted octanol–water partition coefficient (Wildman–Crippen LogP) is 2.32. The van der Waals surface area contributed by atoms with E-state index in [1.807, 2.05) is 0 Å². The molecule has 0 saturated heterocycles. The molecule has 6 heteroatoms. The van der Waals surface area contributed by atoms with Gasteiger partial charge in [0.05, 0.1) is 5.02 Å². The van der Waals surface area contributed by atoms with Crippen molar-refractivity contribution in [3.8, 4) is 0 Å². The first-order chi connectivity index (χ1) is 5.43. The Morgan fingerprint density at radius 3 is 2.31 bits per heavy atom. The molecule has 1 aromatic rings. The van der Waals surface area contributed by atoms with Crippen LogP contribution in [0.15, 0.2) is 23.1 Å². The third-order valence-electron chi connectivity index (χ3n) is 1.43. The summed E-state index contributed by atoms with van der Waals surface area (Å²) < 4.78 is 30.0. The van der Waals surface area contributed by atoms with Crippen molar-refractivity contribution in [1.82, 2.24) is 0 Å². The Bertz CT molecular complexity index is 400. The van der Waals surface area contributed by atoms with Crippen LogP contribution in [0.25, 0.3) is 0 Å². The maximum absolute atomic E-state index is 10.7. The van der Waals surface area contributed by atoms with Gasteiger partial charge in [0.15, 0.2) is 0 Å². The molecule has 0 aromatic heterocycles. The van der Waals surface area contributed by atoms with Gasteiger partial charge in [0.1, 0.15) is 4.90 Å². The second-order valence-electron chi connectivity index (χ2n) is 2.36. The van der Waals surface area contributed by atoms with Gasteiger partial charge in [-0.25, -0.2) is 0 Å². The first-order valence-electron chi connectivity index (χ1n) is 3.15. The highest BCUT2D eigenvalue weighted by atomic mass is 35.5. The lowest BCUT2D eigenvalue weighted by Gasteiger charge is -2.01. The van der Waals surface area contributed by atoms with E-state index in [1.54, 1.807) is 13.0 Å². The second-order valence-corrected chi connectivity index (χ2v) is 4.13. The lowest BCUT2D eigenvalue weighted by atomic mass is 10.2. The van der Waals surface area contributed by atoms with E-state index in [9.17, 15) is 8.42 Å². The first kappa shape index (κ1) is 12.7. The third kappa shape index (κ3) is 2.84. The Balaban J connectivity index is 0.00000144. The van der Waals surface area contributed by atoms with Gasteiger partial charge in [0.25, 0.3) is 10.1 Å². The van der Waals surface area contributed by atoms with Crippen molar-refractivity contribution in [2.45, 2.75) is 11.8 Å². The summed E-state index contributed by atoms with van der Waals surface area (Å²) in [5.74, 6) is 0. The molecular weight excluding hydrogens is 235 g/mol. The highest BCUT2D eigenvalue weighted by molar-refractivity contribution is 7.86. The van der Waals surface area contributed by atoms with Gasteiger partial charge >= 0.3 is 0 Å². The molecule has 0 bridgehead atoms. The molecular formula is C7H8Cl2O3S. The molecule has 13 heavy (non-hydrogen) atoms. The Morgan fingerprint density at radius 1 is 1.38 bits per heavy atom. The molecule has 0 heterocycles. The average Bonchev–Trinajstić information content (AvgIpc) is 1.92. The molecule has 1 N–H and O–H groups in total. The summed E-state index contributed by atoms with van der Waals surface area (Å²) >= 11 is 5.64. The number of rotatable bonds is 1. The number of benzene rings is 1. The minimum Gasteiger partial charge on any atom is -0.282 e. The summed E-state index contributed by atoms with van der Waals surface area (Å²) in [6.45, 7) is 1.66. The molecule has 0 atom stereocenters. The zero-order valence-corrected chi connectivity index (χ0v) is 9.08. The summed E-state index contributed by atoms with van der Waals surface area (Å²) in [6, 6.07) is 4.44. The van der Waals surface area contributed by atoms with Gasteiger partial charge in [-0.15, -0.1) is 12.4 Å². The van der Waals surface area contributed by atoms with Crippen LogP contribution in [0.3, 0.4) is 0 Å². The third-order valence-corrected chi connectivity index (χ3v) is 2.94. The van der Waals surface area contributed by atoms with Gasteiger partial charge in [0, 0.05) is 0 Å². The Labute approximate surface area is 87.9 Å². The average molecular weight is 243 g/mol. The molecule has 0 aliphatic rings. The zero-order valence-electron chi connectivity index (χ0n) is 6.69. The van der Waals surface area contributed by atoms with Crippen molar-refractivity contribution in [3.63, 3.8) is 0 Å². The van der Waals surface area contributed by atoms with E-state index in [2.05, 4.69) is 0 Å². The lowest BCUT2D eigenvalue weighted by molar-refractivity contribution is 0.483. The van der Waals surface area contributed by atoms with Gasteiger partial charge in [-0.3, -0.25) is 4.55 Å². The molecule has 0 aliphatic carbocycles. The molecule has 0 aliphatic heterocycles. The van der Waals surface area contributed by atoms with Crippen molar-refractivity contribution in [2.75, 3.05) is 0 Å². The van der Waals surface area contributed by atoms with Crippen LogP contribution in [0.4, 0.5) is 0 Å². The van der Waals surface area contributed by atoms with E-state index in [4.69, 9.17) is 16.2 Å². The fourth-order valence-corrected chi connectivity index (χ4v) is 1.88. The normalized spacial score (nSPS) is 10.7. The Kier molecular flexibility index (Phi) is 4.19. The first-order valence-corrected chi connectivity index (χ1v) is 4.97. The van der Waals surface area contributed by atoms with Crippen molar-refractivity contribution < 1.29 is 13.0 Å². The summed E-state index contributed by atoms with van der Waals surface area (Å²) in [7, 11) is -4.19. The van der Waals surface area contributed by atoms with E-state index in [0.29, 0.717) is 5.56 Å².